The molecule has 2 fully saturated rings. The van der Waals surface area contributed by atoms with Gasteiger partial charge in [-0.05, 0) is 19.2 Å². The van der Waals surface area contributed by atoms with Crippen molar-refractivity contribution < 1.29 is 9.53 Å². The summed E-state index contributed by atoms with van der Waals surface area (Å²) in [5, 5.41) is 0.800. The van der Waals surface area contributed by atoms with Crippen molar-refractivity contribution in [3.63, 3.8) is 0 Å². The van der Waals surface area contributed by atoms with Crippen molar-refractivity contribution in [2.45, 2.75) is 12.1 Å². The first-order chi connectivity index (χ1) is 11.1. The van der Waals surface area contributed by atoms with Gasteiger partial charge in [-0.3, -0.25) is 9.69 Å². The van der Waals surface area contributed by atoms with Crippen LogP contribution in [0.5, 0.6) is 0 Å². The number of carbonyl (C=O) groups is 1. The summed E-state index contributed by atoms with van der Waals surface area (Å²) in [6, 6.07) is 9.79. The molecule has 2 atom stereocenters. The van der Waals surface area contributed by atoms with E-state index < -0.39 is 5.91 Å². The van der Waals surface area contributed by atoms with E-state index in [1.165, 1.54) is 0 Å². The summed E-state index contributed by atoms with van der Waals surface area (Å²) >= 11 is 0. The van der Waals surface area contributed by atoms with Crippen molar-refractivity contribution >= 4 is 22.6 Å². The first-order valence-electron chi connectivity index (χ1n) is 7.90. The van der Waals surface area contributed by atoms with Crippen molar-refractivity contribution in [3.05, 3.63) is 35.9 Å². The standard InChI is InChI=1S/C17H20N4O2/c1-20-6-7-23-15-10-21(9-14(15)20)16-8-12(17(18)22)11-4-2-3-5-13(11)19-16/h2-5,8,14-15H,6-7,9-10H2,1H3,(H2,18,22)/t14-,15-/m0/s1. The molecule has 1 amide bonds. The zero-order valence-corrected chi connectivity index (χ0v) is 13.1. The normalized spacial score (nSPS) is 24.8. The third kappa shape index (κ3) is 2.44. The Hall–Kier alpha value is -2.18. The van der Waals surface area contributed by atoms with E-state index in [9.17, 15) is 4.79 Å². The van der Waals surface area contributed by atoms with Crippen LogP contribution in [0.2, 0.25) is 0 Å². The Bertz CT molecular complexity index is 763. The molecule has 0 radical (unpaired) electrons. The molecule has 0 unspecified atom stereocenters. The fraction of sp³-hybridized carbons (Fsp3) is 0.412. The van der Waals surface area contributed by atoms with Crippen molar-refractivity contribution in [1.29, 1.82) is 0 Å². The minimum Gasteiger partial charge on any atom is -0.373 e. The highest BCUT2D eigenvalue weighted by molar-refractivity contribution is 6.06. The van der Waals surface area contributed by atoms with Crippen LogP contribution < -0.4 is 10.6 Å². The molecule has 2 saturated heterocycles. The molecule has 2 N–H and O–H groups in total. The zero-order valence-electron chi connectivity index (χ0n) is 13.1. The molecule has 0 aliphatic carbocycles. The number of fused-ring (bicyclic) bond motifs is 2. The molecule has 3 heterocycles. The van der Waals surface area contributed by atoms with Gasteiger partial charge in [-0.15, -0.1) is 0 Å². The topological polar surface area (TPSA) is 71.7 Å². The lowest BCUT2D eigenvalue weighted by atomic mass is 10.1. The molecule has 120 valence electrons. The number of aromatic nitrogens is 1. The summed E-state index contributed by atoms with van der Waals surface area (Å²) in [5.41, 5.74) is 6.89. The van der Waals surface area contributed by atoms with Crippen LogP contribution in [-0.4, -0.2) is 61.2 Å². The van der Waals surface area contributed by atoms with Gasteiger partial charge < -0.3 is 15.4 Å². The van der Waals surface area contributed by atoms with E-state index in [0.29, 0.717) is 11.6 Å². The van der Waals surface area contributed by atoms with E-state index in [1.54, 1.807) is 0 Å². The number of primary amides is 1. The average Bonchev–Trinajstić information content (AvgIpc) is 2.99. The van der Waals surface area contributed by atoms with Crippen LogP contribution in [0.1, 0.15) is 10.4 Å². The SMILES string of the molecule is CN1CCO[C@H]2CN(c3cc(C(N)=O)c4ccccc4n3)C[C@@H]21. The minimum absolute atomic E-state index is 0.194. The molecule has 1 aromatic heterocycles. The molecular formula is C17H20N4O2. The van der Waals surface area contributed by atoms with Gasteiger partial charge in [0.2, 0.25) is 5.91 Å². The number of hydrogen-bond acceptors (Lipinski definition) is 5. The quantitative estimate of drug-likeness (QED) is 0.890. The second-order valence-corrected chi connectivity index (χ2v) is 6.27. The van der Waals surface area contributed by atoms with E-state index in [4.69, 9.17) is 15.5 Å². The highest BCUT2D eigenvalue weighted by atomic mass is 16.5. The van der Waals surface area contributed by atoms with Gasteiger partial charge in [-0.25, -0.2) is 4.98 Å². The summed E-state index contributed by atoms with van der Waals surface area (Å²) in [4.78, 5) is 21.1. The number of carbonyl (C=O) groups excluding carboxylic acids is 1. The highest BCUT2D eigenvalue weighted by Crippen LogP contribution is 2.28. The lowest BCUT2D eigenvalue weighted by Gasteiger charge is -2.33. The van der Waals surface area contributed by atoms with E-state index in [1.807, 2.05) is 30.3 Å². The lowest BCUT2D eigenvalue weighted by molar-refractivity contribution is -0.0362. The van der Waals surface area contributed by atoms with Gasteiger partial charge in [0.05, 0.1) is 29.8 Å². The molecule has 6 heteroatoms. The van der Waals surface area contributed by atoms with Crippen LogP contribution in [0.15, 0.2) is 30.3 Å². The average molecular weight is 312 g/mol. The summed E-state index contributed by atoms with van der Waals surface area (Å²) in [7, 11) is 2.13. The molecule has 0 spiro atoms. The molecule has 1 aromatic carbocycles. The van der Waals surface area contributed by atoms with Gasteiger partial charge in [0.1, 0.15) is 5.82 Å². The Morgan fingerprint density at radius 2 is 2.17 bits per heavy atom. The Kier molecular flexibility index (Phi) is 3.43. The van der Waals surface area contributed by atoms with Crippen LogP contribution in [0.4, 0.5) is 5.82 Å². The van der Waals surface area contributed by atoms with Crippen LogP contribution >= 0.6 is 0 Å². The maximum Gasteiger partial charge on any atom is 0.249 e. The molecule has 0 saturated carbocycles. The number of ether oxygens (including phenoxy) is 1. The second kappa shape index (κ2) is 5.47. The minimum atomic E-state index is -0.421. The number of nitrogens with two attached hydrogens (primary N) is 1. The smallest absolute Gasteiger partial charge is 0.249 e. The maximum absolute atomic E-state index is 11.8. The number of morpholine rings is 1. The summed E-state index contributed by atoms with van der Waals surface area (Å²) in [6.45, 7) is 3.36. The van der Waals surface area contributed by atoms with Crippen LogP contribution in [0.25, 0.3) is 10.9 Å². The number of nitrogens with zero attached hydrogens (tertiary/aromatic N) is 3. The number of rotatable bonds is 2. The van der Waals surface area contributed by atoms with Gasteiger partial charge in [-0.2, -0.15) is 0 Å². The Morgan fingerprint density at radius 3 is 2.96 bits per heavy atom. The van der Waals surface area contributed by atoms with E-state index in [2.05, 4.69) is 16.8 Å². The third-order valence-corrected chi connectivity index (χ3v) is 4.87. The van der Waals surface area contributed by atoms with Gasteiger partial charge in [0.15, 0.2) is 0 Å². The number of amides is 1. The van der Waals surface area contributed by atoms with E-state index in [-0.39, 0.29) is 6.10 Å². The molecule has 6 nitrogen and oxygen atoms in total. The van der Waals surface area contributed by atoms with Crippen molar-refractivity contribution in [1.82, 2.24) is 9.88 Å². The van der Waals surface area contributed by atoms with Gasteiger partial charge in [-0.1, -0.05) is 18.2 Å². The fourth-order valence-corrected chi connectivity index (χ4v) is 3.57. The van der Waals surface area contributed by atoms with Crippen molar-refractivity contribution in [3.8, 4) is 0 Å². The van der Waals surface area contributed by atoms with Crippen molar-refractivity contribution in [2.24, 2.45) is 5.73 Å². The first-order valence-corrected chi connectivity index (χ1v) is 7.90. The lowest BCUT2D eigenvalue weighted by Crippen LogP contribution is -2.48. The monoisotopic (exact) mass is 312 g/mol. The number of likely N-dealkylation sites (N-methyl/N-ethyl adjacent to an activating group) is 1. The number of benzene rings is 1. The number of hydrogen-bond donors (Lipinski definition) is 1. The molecule has 4 rings (SSSR count). The van der Waals surface area contributed by atoms with Gasteiger partial charge >= 0.3 is 0 Å². The van der Waals surface area contributed by atoms with Crippen molar-refractivity contribution in [2.75, 3.05) is 38.2 Å². The van der Waals surface area contributed by atoms with Crippen LogP contribution in [0, 0.1) is 0 Å². The maximum atomic E-state index is 11.8. The Labute approximate surface area is 134 Å². The molecular weight excluding hydrogens is 292 g/mol. The van der Waals surface area contributed by atoms with E-state index >= 15 is 0 Å². The molecule has 23 heavy (non-hydrogen) atoms. The second-order valence-electron chi connectivity index (χ2n) is 6.27. The van der Waals surface area contributed by atoms with Gasteiger partial charge in [0, 0.05) is 25.0 Å². The van der Waals surface area contributed by atoms with E-state index in [0.717, 1.165) is 43.0 Å². The molecule has 0 bridgehead atoms. The highest BCUT2D eigenvalue weighted by Gasteiger charge is 2.39. The number of para-hydroxylation sites is 1. The predicted octanol–water partition coefficient (Wildman–Crippen LogP) is 0.853. The molecule has 2 aliphatic heterocycles. The zero-order chi connectivity index (χ0) is 16.0. The Morgan fingerprint density at radius 1 is 1.35 bits per heavy atom. The third-order valence-electron chi connectivity index (χ3n) is 4.87. The first kappa shape index (κ1) is 14.4. The predicted molar refractivity (Wildman–Crippen MR) is 88.6 cm³/mol. The number of pyridine rings is 1. The van der Waals surface area contributed by atoms with Gasteiger partial charge in [0.25, 0.3) is 0 Å². The summed E-state index contributed by atoms with van der Waals surface area (Å²) in [6.07, 6.45) is 0.194. The summed E-state index contributed by atoms with van der Waals surface area (Å²) < 4.78 is 5.89. The Balaban J connectivity index is 1.73. The molecule has 2 aromatic rings. The largest absolute Gasteiger partial charge is 0.373 e. The van der Waals surface area contributed by atoms with Crippen LogP contribution in [0.3, 0.4) is 0 Å². The number of anilines is 1. The summed E-state index contributed by atoms with van der Waals surface area (Å²) in [5.74, 6) is 0.374. The fourth-order valence-electron chi connectivity index (χ4n) is 3.57. The molecule has 2 aliphatic rings. The van der Waals surface area contributed by atoms with Crippen LogP contribution in [-0.2, 0) is 4.74 Å².